The Balaban J connectivity index is 1.80. The maximum atomic E-state index is 12.8. The number of aromatic nitrogens is 3. The average molecular weight is 305 g/mol. The van der Waals surface area contributed by atoms with Crippen LogP contribution in [0.3, 0.4) is 0 Å². The topological polar surface area (TPSA) is 73.9 Å². The molecule has 0 spiro atoms. The van der Waals surface area contributed by atoms with Gasteiger partial charge in [-0.05, 0) is 37.4 Å². The molecule has 2 aromatic rings. The summed E-state index contributed by atoms with van der Waals surface area (Å²) in [4.78, 5) is 14.7. The molecule has 1 aliphatic heterocycles. The van der Waals surface area contributed by atoms with Crippen LogP contribution in [0.1, 0.15) is 40.5 Å². The molecule has 2 aromatic heterocycles. The normalized spacial score (nSPS) is 18.8. The first-order valence-corrected chi connectivity index (χ1v) is 7.90. The summed E-state index contributed by atoms with van der Waals surface area (Å²) in [5.41, 5.74) is 2.63. The molecule has 3 rings (SSSR count). The van der Waals surface area contributed by atoms with E-state index in [0.717, 1.165) is 42.3 Å². The molecule has 112 valence electrons. The Hall–Kier alpha value is -1.89. The van der Waals surface area contributed by atoms with Gasteiger partial charge in [0.25, 0.3) is 5.91 Å². The van der Waals surface area contributed by atoms with E-state index in [2.05, 4.69) is 19.9 Å². The zero-order valence-corrected chi connectivity index (χ0v) is 13.0. The van der Waals surface area contributed by atoms with Crippen molar-refractivity contribution in [2.75, 3.05) is 25.5 Å². The fourth-order valence-electron chi connectivity index (χ4n) is 2.86. The van der Waals surface area contributed by atoms with Gasteiger partial charge < -0.3 is 10.2 Å². The minimum absolute atomic E-state index is 0.0785. The molecule has 0 aromatic carbocycles. The van der Waals surface area contributed by atoms with Gasteiger partial charge in [-0.1, -0.05) is 0 Å². The molecule has 1 aliphatic rings. The predicted octanol–water partition coefficient (Wildman–Crippen LogP) is 2.24. The highest BCUT2D eigenvalue weighted by molar-refractivity contribution is 7.10. The number of aryl methyl sites for hydroxylation is 1. The quantitative estimate of drug-likeness (QED) is 0.912. The molecular formula is C14H19N5OS. The zero-order valence-electron chi connectivity index (χ0n) is 12.2. The van der Waals surface area contributed by atoms with E-state index >= 15 is 0 Å². The molecule has 1 fully saturated rings. The number of carbonyl (C=O) groups excluding carboxylic acids is 1. The molecular weight excluding hydrogens is 286 g/mol. The minimum atomic E-state index is 0.0785. The lowest BCUT2D eigenvalue weighted by molar-refractivity contribution is 0.0706. The van der Waals surface area contributed by atoms with Crippen molar-refractivity contribution in [3.63, 3.8) is 0 Å². The molecule has 6 nitrogen and oxygen atoms in total. The molecule has 7 heteroatoms. The number of piperidine rings is 1. The zero-order chi connectivity index (χ0) is 14.8. The van der Waals surface area contributed by atoms with E-state index < -0.39 is 0 Å². The van der Waals surface area contributed by atoms with Crippen LogP contribution in [-0.4, -0.2) is 45.5 Å². The van der Waals surface area contributed by atoms with Gasteiger partial charge >= 0.3 is 0 Å². The van der Waals surface area contributed by atoms with Crippen molar-refractivity contribution in [1.29, 1.82) is 0 Å². The van der Waals surface area contributed by atoms with Crippen molar-refractivity contribution in [2.45, 2.75) is 25.7 Å². The first-order valence-electron chi connectivity index (χ1n) is 7.13. The van der Waals surface area contributed by atoms with Gasteiger partial charge in [0, 0.05) is 37.9 Å². The molecule has 0 unspecified atom stereocenters. The molecule has 3 heterocycles. The average Bonchev–Trinajstić information content (AvgIpc) is 3.16. The third kappa shape index (κ3) is 2.65. The number of carbonyl (C=O) groups is 1. The van der Waals surface area contributed by atoms with Crippen LogP contribution in [-0.2, 0) is 0 Å². The third-order valence-electron chi connectivity index (χ3n) is 3.97. The molecule has 0 saturated carbocycles. The standard InChI is InChI=1S/C14H19N5OS/c1-9-12(13(15-2)21-18-9)14(20)19-7-3-4-10(8-19)11-5-6-16-17-11/h5-6,10,15H,3-4,7-8H2,1-2H3,(H,16,17)/t10-/m1/s1. The van der Waals surface area contributed by atoms with Crippen molar-refractivity contribution in [3.8, 4) is 0 Å². The number of anilines is 1. The summed E-state index contributed by atoms with van der Waals surface area (Å²) >= 11 is 1.34. The number of likely N-dealkylation sites (tertiary alicyclic amines) is 1. The van der Waals surface area contributed by atoms with Gasteiger partial charge in [0.15, 0.2) is 0 Å². The Kier molecular flexibility index (Phi) is 3.92. The van der Waals surface area contributed by atoms with Gasteiger partial charge in [0.05, 0.1) is 11.3 Å². The fourth-order valence-corrected chi connectivity index (χ4v) is 3.60. The number of nitrogens with zero attached hydrogens (tertiary/aromatic N) is 3. The van der Waals surface area contributed by atoms with E-state index in [9.17, 15) is 4.79 Å². The van der Waals surface area contributed by atoms with E-state index in [1.807, 2.05) is 24.9 Å². The highest BCUT2D eigenvalue weighted by atomic mass is 32.1. The molecule has 2 N–H and O–H groups in total. The number of rotatable bonds is 3. The second-order valence-corrected chi connectivity index (χ2v) is 6.10. The van der Waals surface area contributed by atoms with Crippen molar-refractivity contribution < 1.29 is 4.79 Å². The van der Waals surface area contributed by atoms with Gasteiger partial charge in [-0.15, -0.1) is 0 Å². The number of hydrogen-bond donors (Lipinski definition) is 2. The van der Waals surface area contributed by atoms with Gasteiger partial charge in [-0.25, -0.2) is 0 Å². The van der Waals surface area contributed by atoms with Gasteiger partial charge in [-0.2, -0.15) is 9.47 Å². The third-order valence-corrected chi connectivity index (χ3v) is 4.93. The second kappa shape index (κ2) is 5.85. The SMILES string of the molecule is CNc1snc(C)c1C(=O)N1CCC[C@@H](c2ccn[nH]2)C1. The Morgan fingerprint density at radius 2 is 2.43 bits per heavy atom. The lowest BCUT2D eigenvalue weighted by Gasteiger charge is -2.32. The molecule has 21 heavy (non-hydrogen) atoms. The highest BCUT2D eigenvalue weighted by Crippen LogP contribution is 2.30. The summed E-state index contributed by atoms with van der Waals surface area (Å²) < 4.78 is 4.29. The highest BCUT2D eigenvalue weighted by Gasteiger charge is 2.29. The maximum Gasteiger partial charge on any atom is 0.258 e. The molecule has 0 radical (unpaired) electrons. The molecule has 1 atom stereocenters. The van der Waals surface area contributed by atoms with E-state index in [-0.39, 0.29) is 5.91 Å². The van der Waals surface area contributed by atoms with Crippen molar-refractivity contribution in [2.24, 2.45) is 0 Å². The van der Waals surface area contributed by atoms with Crippen LogP contribution in [0.5, 0.6) is 0 Å². The van der Waals surface area contributed by atoms with Crippen LogP contribution in [0, 0.1) is 6.92 Å². The summed E-state index contributed by atoms with van der Waals surface area (Å²) in [6.45, 7) is 3.43. The number of nitrogens with one attached hydrogen (secondary N) is 2. The number of aromatic amines is 1. The van der Waals surface area contributed by atoms with Crippen LogP contribution in [0.2, 0.25) is 0 Å². The predicted molar refractivity (Wildman–Crippen MR) is 82.9 cm³/mol. The molecule has 0 bridgehead atoms. The fraction of sp³-hybridized carbons (Fsp3) is 0.500. The number of hydrogen-bond acceptors (Lipinski definition) is 5. The Bertz CT molecular complexity index is 621. The summed E-state index contributed by atoms with van der Waals surface area (Å²) in [5, 5.41) is 11.0. The molecule has 1 saturated heterocycles. The Labute approximate surface area is 127 Å². The summed E-state index contributed by atoms with van der Waals surface area (Å²) in [6.07, 6.45) is 3.87. The van der Waals surface area contributed by atoms with Gasteiger partial charge in [0.2, 0.25) is 0 Å². The van der Waals surface area contributed by atoms with E-state index in [0.29, 0.717) is 11.5 Å². The summed E-state index contributed by atoms with van der Waals surface area (Å²) in [5.74, 6) is 0.421. The first kappa shape index (κ1) is 14.1. The molecule has 1 amide bonds. The second-order valence-electron chi connectivity index (χ2n) is 5.32. The van der Waals surface area contributed by atoms with E-state index in [4.69, 9.17) is 0 Å². The summed E-state index contributed by atoms with van der Waals surface area (Å²) in [6, 6.07) is 2.00. The lowest BCUT2D eigenvalue weighted by atomic mass is 9.94. The van der Waals surface area contributed by atoms with E-state index in [1.54, 1.807) is 6.20 Å². The monoisotopic (exact) mass is 305 g/mol. The van der Waals surface area contributed by atoms with Crippen molar-refractivity contribution in [1.82, 2.24) is 19.5 Å². The number of amides is 1. The van der Waals surface area contributed by atoms with Crippen LogP contribution in [0.15, 0.2) is 12.3 Å². The van der Waals surface area contributed by atoms with E-state index in [1.165, 1.54) is 11.5 Å². The smallest absolute Gasteiger partial charge is 0.258 e. The Morgan fingerprint density at radius 1 is 1.57 bits per heavy atom. The number of H-pyrrole nitrogens is 1. The lowest BCUT2D eigenvalue weighted by Crippen LogP contribution is -2.39. The van der Waals surface area contributed by atoms with Crippen LogP contribution >= 0.6 is 11.5 Å². The minimum Gasteiger partial charge on any atom is -0.378 e. The largest absolute Gasteiger partial charge is 0.378 e. The van der Waals surface area contributed by atoms with Crippen LogP contribution in [0.25, 0.3) is 0 Å². The molecule has 0 aliphatic carbocycles. The van der Waals surface area contributed by atoms with Crippen molar-refractivity contribution in [3.05, 3.63) is 29.2 Å². The van der Waals surface area contributed by atoms with Crippen LogP contribution < -0.4 is 5.32 Å². The first-order chi connectivity index (χ1) is 10.2. The summed E-state index contributed by atoms with van der Waals surface area (Å²) in [7, 11) is 1.83. The van der Waals surface area contributed by atoms with Crippen molar-refractivity contribution >= 4 is 22.4 Å². The van der Waals surface area contributed by atoms with Gasteiger partial charge in [-0.3, -0.25) is 9.89 Å². The van der Waals surface area contributed by atoms with Gasteiger partial charge in [0.1, 0.15) is 5.00 Å². The van der Waals surface area contributed by atoms with Crippen LogP contribution in [0.4, 0.5) is 5.00 Å². The maximum absolute atomic E-state index is 12.8. The Morgan fingerprint density at radius 3 is 3.14 bits per heavy atom.